The minimum atomic E-state index is -1.16. The Morgan fingerprint density at radius 2 is 2.13 bits per heavy atom. The van der Waals surface area contributed by atoms with Crippen LogP contribution in [0.5, 0.6) is 5.88 Å². The molecule has 0 fully saturated rings. The number of aromatic nitrogens is 2. The number of ether oxygens (including phenoxy) is 1. The van der Waals surface area contributed by atoms with Crippen LogP contribution < -0.4 is 16.0 Å². The highest BCUT2D eigenvalue weighted by atomic mass is 16.7. The van der Waals surface area contributed by atoms with Gasteiger partial charge in [-0.3, -0.25) is 9.63 Å². The normalized spacial score (nSPS) is 12.1. The molecular weight excluding hydrogens is 390 g/mol. The van der Waals surface area contributed by atoms with Crippen LogP contribution in [0.2, 0.25) is 0 Å². The van der Waals surface area contributed by atoms with Gasteiger partial charge in [-0.05, 0) is 32.4 Å². The molecule has 0 spiro atoms. The third kappa shape index (κ3) is 6.38. The molecule has 1 heterocycles. The Morgan fingerprint density at radius 1 is 1.40 bits per heavy atom. The summed E-state index contributed by atoms with van der Waals surface area (Å²) in [5, 5.41) is 28.6. The number of aliphatic hydroxyl groups is 2. The quantitative estimate of drug-likeness (QED) is 0.440. The van der Waals surface area contributed by atoms with Crippen molar-refractivity contribution in [1.29, 1.82) is 5.26 Å². The number of carbonyl (C=O) groups excluding carboxylic acids is 1. The Labute approximate surface area is 174 Å². The molecule has 10 nitrogen and oxygen atoms in total. The first-order valence-electron chi connectivity index (χ1n) is 9.28. The van der Waals surface area contributed by atoms with E-state index in [1.54, 1.807) is 31.2 Å². The predicted octanol–water partition coefficient (Wildman–Crippen LogP) is 1.18. The molecule has 1 atom stereocenters. The highest BCUT2D eigenvalue weighted by Gasteiger charge is 2.23. The van der Waals surface area contributed by atoms with Crippen molar-refractivity contribution in [2.24, 2.45) is 0 Å². The van der Waals surface area contributed by atoms with Crippen LogP contribution in [-0.4, -0.2) is 51.0 Å². The summed E-state index contributed by atoms with van der Waals surface area (Å²) in [6.45, 7) is 4.53. The summed E-state index contributed by atoms with van der Waals surface area (Å²) in [6, 6.07) is 8.58. The lowest BCUT2D eigenvalue weighted by atomic mass is 10.1. The third-order valence-corrected chi connectivity index (χ3v) is 3.85. The minimum absolute atomic E-state index is 0.116. The van der Waals surface area contributed by atoms with Gasteiger partial charge in [-0.2, -0.15) is 10.2 Å². The maximum absolute atomic E-state index is 12.6. The van der Waals surface area contributed by atoms with Crippen LogP contribution in [0, 0.1) is 11.3 Å². The van der Waals surface area contributed by atoms with Gasteiger partial charge < -0.3 is 20.7 Å². The third-order valence-electron chi connectivity index (χ3n) is 3.85. The molecule has 1 aromatic heterocycles. The van der Waals surface area contributed by atoms with Gasteiger partial charge in [0.05, 0.1) is 23.3 Å². The SMILES string of the molecule is CC[C@@H](O)COc1nc(-c2cccc(C#N)c2)nc(N)c1C(=O)NOCC(C)(C)O. The van der Waals surface area contributed by atoms with E-state index in [0.717, 1.165) is 0 Å². The van der Waals surface area contributed by atoms with Gasteiger partial charge >= 0.3 is 0 Å². The summed E-state index contributed by atoms with van der Waals surface area (Å²) in [7, 11) is 0. The largest absolute Gasteiger partial charge is 0.474 e. The van der Waals surface area contributed by atoms with Crippen molar-refractivity contribution in [2.45, 2.75) is 38.9 Å². The molecule has 160 valence electrons. The van der Waals surface area contributed by atoms with Crippen LogP contribution in [0.3, 0.4) is 0 Å². The Balaban J connectivity index is 2.39. The summed E-state index contributed by atoms with van der Waals surface area (Å²) in [4.78, 5) is 26.0. The molecule has 0 saturated carbocycles. The molecule has 0 aliphatic heterocycles. The monoisotopic (exact) mass is 415 g/mol. The number of nitrogen functional groups attached to an aromatic ring is 1. The van der Waals surface area contributed by atoms with Gasteiger partial charge in [0.2, 0.25) is 5.88 Å². The van der Waals surface area contributed by atoms with Crippen molar-refractivity contribution in [3.8, 4) is 23.3 Å². The number of nitrogens with two attached hydrogens (primary N) is 1. The van der Waals surface area contributed by atoms with Gasteiger partial charge in [0.15, 0.2) is 5.82 Å². The number of hydrogen-bond donors (Lipinski definition) is 4. The Hall–Kier alpha value is -3.26. The number of nitrogens with one attached hydrogen (secondary N) is 1. The average molecular weight is 415 g/mol. The fourth-order valence-corrected chi connectivity index (χ4v) is 2.25. The van der Waals surface area contributed by atoms with Crippen LogP contribution in [-0.2, 0) is 4.84 Å². The number of amides is 1. The van der Waals surface area contributed by atoms with Crippen molar-refractivity contribution in [2.75, 3.05) is 18.9 Å². The molecule has 0 aliphatic rings. The van der Waals surface area contributed by atoms with E-state index in [-0.39, 0.29) is 36.3 Å². The van der Waals surface area contributed by atoms with E-state index in [4.69, 9.17) is 20.6 Å². The summed E-state index contributed by atoms with van der Waals surface area (Å²) in [6.07, 6.45) is -0.331. The number of nitriles is 1. The van der Waals surface area contributed by atoms with E-state index >= 15 is 0 Å². The van der Waals surface area contributed by atoms with E-state index in [1.165, 1.54) is 13.8 Å². The number of carbonyl (C=O) groups is 1. The van der Waals surface area contributed by atoms with Gasteiger partial charge in [-0.1, -0.05) is 19.1 Å². The number of rotatable bonds is 9. The fraction of sp³-hybridized carbons (Fsp3) is 0.400. The average Bonchev–Trinajstić information content (AvgIpc) is 2.70. The van der Waals surface area contributed by atoms with Gasteiger partial charge in [0.25, 0.3) is 5.91 Å². The second-order valence-electron chi connectivity index (χ2n) is 7.21. The number of nitrogens with zero attached hydrogens (tertiary/aromatic N) is 3. The van der Waals surface area contributed by atoms with E-state index in [9.17, 15) is 15.0 Å². The number of aliphatic hydroxyl groups excluding tert-OH is 1. The van der Waals surface area contributed by atoms with Crippen LogP contribution in [0.1, 0.15) is 43.1 Å². The first-order chi connectivity index (χ1) is 14.1. The summed E-state index contributed by atoms with van der Waals surface area (Å²) in [5.74, 6) is -0.931. The van der Waals surface area contributed by atoms with Crippen molar-refractivity contribution in [1.82, 2.24) is 15.4 Å². The highest BCUT2D eigenvalue weighted by Crippen LogP contribution is 2.26. The molecule has 1 aromatic carbocycles. The Bertz CT molecular complexity index is 936. The molecule has 2 aromatic rings. The van der Waals surface area contributed by atoms with Crippen LogP contribution >= 0.6 is 0 Å². The number of anilines is 1. The van der Waals surface area contributed by atoms with Crippen molar-refractivity contribution >= 4 is 11.7 Å². The second-order valence-corrected chi connectivity index (χ2v) is 7.21. The molecule has 0 radical (unpaired) electrons. The fourth-order valence-electron chi connectivity index (χ4n) is 2.25. The second kappa shape index (κ2) is 9.98. The van der Waals surface area contributed by atoms with Crippen LogP contribution in [0.4, 0.5) is 5.82 Å². The number of hydrogen-bond acceptors (Lipinski definition) is 9. The van der Waals surface area contributed by atoms with Gasteiger partial charge in [-0.15, -0.1) is 0 Å². The van der Waals surface area contributed by atoms with E-state index in [1.807, 2.05) is 6.07 Å². The molecule has 0 aliphatic carbocycles. The van der Waals surface area contributed by atoms with Crippen molar-refractivity contribution < 1.29 is 24.6 Å². The zero-order valence-corrected chi connectivity index (χ0v) is 17.0. The van der Waals surface area contributed by atoms with Gasteiger partial charge in [0.1, 0.15) is 24.6 Å². The maximum atomic E-state index is 12.6. The molecule has 0 bridgehead atoms. The highest BCUT2D eigenvalue weighted by molar-refractivity contribution is 6.00. The van der Waals surface area contributed by atoms with Crippen molar-refractivity contribution in [3.05, 3.63) is 35.4 Å². The lowest BCUT2D eigenvalue weighted by molar-refractivity contribution is -0.0523. The maximum Gasteiger partial charge on any atom is 0.284 e. The van der Waals surface area contributed by atoms with Crippen molar-refractivity contribution in [3.63, 3.8) is 0 Å². The first-order valence-corrected chi connectivity index (χ1v) is 9.28. The molecule has 2 rings (SSSR count). The molecule has 1 amide bonds. The predicted molar refractivity (Wildman–Crippen MR) is 108 cm³/mol. The molecule has 0 unspecified atom stereocenters. The molecular formula is C20H25N5O5. The Morgan fingerprint density at radius 3 is 2.77 bits per heavy atom. The summed E-state index contributed by atoms with van der Waals surface area (Å²) >= 11 is 0. The summed E-state index contributed by atoms with van der Waals surface area (Å²) < 4.78 is 5.55. The molecule has 0 saturated heterocycles. The van der Waals surface area contributed by atoms with E-state index in [2.05, 4.69) is 15.4 Å². The molecule has 30 heavy (non-hydrogen) atoms. The van der Waals surface area contributed by atoms with E-state index in [0.29, 0.717) is 17.5 Å². The lowest BCUT2D eigenvalue weighted by Gasteiger charge is -2.18. The smallest absolute Gasteiger partial charge is 0.284 e. The zero-order valence-electron chi connectivity index (χ0n) is 17.0. The molecule has 5 N–H and O–H groups in total. The molecule has 10 heteroatoms. The topological polar surface area (TPSA) is 164 Å². The first kappa shape index (κ1) is 23.0. The van der Waals surface area contributed by atoms with Crippen LogP contribution in [0.25, 0.3) is 11.4 Å². The van der Waals surface area contributed by atoms with Gasteiger partial charge in [0, 0.05) is 5.56 Å². The minimum Gasteiger partial charge on any atom is -0.474 e. The van der Waals surface area contributed by atoms with Crippen LogP contribution in [0.15, 0.2) is 24.3 Å². The standard InChI is InChI=1S/C20H25N5O5/c1-4-14(26)10-29-19-15(18(27)25-30-11-20(2,3)28)16(22)23-17(24-19)13-7-5-6-12(8-13)9-21/h5-8,14,26,28H,4,10-11H2,1-3H3,(H,25,27)(H2,22,23,24)/t14-/m1/s1. The number of benzene rings is 1. The van der Waals surface area contributed by atoms with Gasteiger partial charge in [-0.25, -0.2) is 10.5 Å². The number of hydroxylamine groups is 1. The summed E-state index contributed by atoms with van der Waals surface area (Å²) in [5.41, 5.74) is 7.75. The zero-order chi connectivity index (χ0) is 22.3. The van der Waals surface area contributed by atoms with E-state index < -0.39 is 17.6 Å². The Kier molecular flexibility index (Phi) is 7.66. The lowest BCUT2D eigenvalue weighted by Crippen LogP contribution is -2.34.